The van der Waals surface area contributed by atoms with Crippen LogP contribution in [0, 0.1) is 13.8 Å². The molecule has 5 rings (SSSR count). The summed E-state index contributed by atoms with van der Waals surface area (Å²) < 4.78 is 25.5. The van der Waals surface area contributed by atoms with Gasteiger partial charge in [-0.2, -0.15) is 5.10 Å². The normalized spacial score (nSPS) is 20.8. The van der Waals surface area contributed by atoms with E-state index in [2.05, 4.69) is 17.9 Å². The molecule has 2 fully saturated rings. The Morgan fingerprint density at radius 1 is 1.12 bits per heavy atom. The van der Waals surface area contributed by atoms with Crippen LogP contribution in [0.3, 0.4) is 0 Å². The highest BCUT2D eigenvalue weighted by molar-refractivity contribution is 7.99. The van der Waals surface area contributed by atoms with Gasteiger partial charge in [0.05, 0.1) is 34.2 Å². The van der Waals surface area contributed by atoms with E-state index in [-0.39, 0.29) is 23.5 Å². The smallest absolute Gasteiger partial charge is 0.233 e. The van der Waals surface area contributed by atoms with Crippen LogP contribution in [0.15, 0.2) is 41.6 Å². The minimum atomic E-state index is -2.90. The van der Waals surface area contributed by atoms with Crippen LogP contribution < -0.4 is 0 Å². The Bertz CT molecular complexity index is 1320. The van der Waals surface area contributed by atoms with Gasteiger partial charge >= 0.3 is 0 Å². The molecule has 0 bridgehead atoms. The van der Waals surface area contributed by atoms with Gasteiger partial charge in [0, 0.05) is 37.8 Å². The van der Waals surface area contributed by atoms with Gasteiger partial charge in [-0.15, -0.1) is 0 Å². The summed E-state index contributed by atoms with van der Waals surface area (Å²) in [5, 5.41) is 5.40. The van der Waals surface area contributed by atoms with E-state index < -0.39 is 9.84 Å². The zero-order valence-electron chi connectivity index (χ0n) is 19.5. The molecule has 0 saturated carbocycles. The van der Waals surface area contributed by atoms with Crippen LogP contribution in [0.4, 0.5) is 0 Å². The van der Waals surface area contributed by atoms with Crippen LogP contribution in [0.2, 0.25) is 0 Å². The molecule has 1 atom stereocenters. The first-order valence-corrected chi connectivity index (χ1v) is 14.4. The van der Waals surface area contributed by atoms with E-state index in [9.17, 15) is 13.2 Å². The van der Waals surface area contributed by atoms with Crippen molar-refractivity contribution in [2.45, 2.75) is 31.5 Å². The third-order valence-corrected chi connectivity index (χ3v) is 9.31. The van der Waals surface area contributed by atoms with Crippen molar-refractivity contribution in [3.63, 3.8) is 0 Å². The SMILES string of the molecule is Cc1cc(C)c2c(-c3ccccc3)nc(SCC(=O)N3CCN(C4CCS(=O)(=O)C4)CC3)n2n1. The number of piperazine rings is 1. The van der Waals surface area contributed by atoms with Crippen LogP contribution in [0.25, 0.3) is 16.8 Å². The summed E-state index contributed by atoms with van der Waals surface area (Å²) in [5.41, 5.74) is 4.87. The maximum Gasteiger partial charge on any atom is 0.233 e. The van der Waals surface area contributed by atoms with Crippen LogP contribution in [0.5, 0.6) is 0 Å². The molecule has 2 aromatic heterocycles. The molecule has 8 nitrogen and oxygen atoms in total. The summed E-state index contributed by atoms with van der Waals surface area (Å²) in [6, 6.07) is 12.2. The number of hydrogen-bond acceptors (Lipinski definition) is 7. The van der Waals surface area contributed by atoms with E-state index in [0.29, 0.717) is 30.4 Å². The number of aryl methyl sites for hydroxylation is 2. The number of imidazole rings is 1. The van der Waals surface area contributed by atoms with Gasteiger partial charge in [-0.05, 0) is 31.9 Å². The summed E-state index contributed by atoms with van der Waals surface area (Å²) in [6.07, 6.45) is 0.703. The van der Waals surface area contributed by atoms with Crippen molar-refractivity contribution in [3.05, 3.63) is 47.7 Å². The third kappa shape index (κ3) is 4.71. The molecule has 180 valence electrons. The van der Waals surface area contributed by atoms with E-state index in [1.165, 1.54) is 11.8 Å². The summed E-state index contributed by atoms with van der Waals surface area (Å²) in [5.74, 6) is 0.897. The number of carbonyl (C=O) groups excluding carboxylic acids is 1. The van der Waals surface area contributed by atoms with Gasteiger partial charge in [-0.25, -0.2) is 17.9 Å². The molecule has 3 aromatic rings. The first-order valence-electron chi connectivity index (χ1n) is 11.6. The van der Waals surface area contributed by atoms with Crippen molar-refractivity contribution in [2.24, 2.45) is 0 Å². The second-order valence-electron chi connectivity index (χ2n) is 9.10. The molecule has 2 saturated heterocycles. The van der Waals surface area contributed by atoms with Crippen molar-refractivity contribution in [3.8, 4) is 11.3 Å². The summed E-state index contributed by atoms with van der Waals surface area (Å²) in [7, 11) is -2.90. The molecule has 4 heterocycles. The third-order valence-electron chi connectivity index (χ3n) is 6.65. The topological polar surface area (TPSA) is 87.9 Å². The Kier molecular flexibility index (Phi) is 6.39. The molecule has 1 unspecified atom stereocenters. The monoisotopic (exact) mass is 499 g/mol. The van der Waals surface area contributed by atoms with Crippen molar-refractivity contribution >= 4 is 33.0 Å². The summed E-state index contributed by atoms with van der Waals surface area (Å²) in [6.45, 7) is 6.73. The van der Waals surface area contributed by atoms with Gasteiger partial charge in [0.2, 0.25) is 5.91 Å². The van der Waals surface area contributed by atoms with Gasteiger partial charge in [0.15, 0.2) is 15.0 Å². The highest BCUT2D eigenvalue weighted by Crippen LogP contribution is 2.31. The number of carbonyl (C=O) groups is 1. The lowest BCUT2D eigenvalue weighted by Gasteiger charge is -2.37. The van der Waals surface area contributed by atoms with E-state index in [4.69, 9.17) is 10.1 Å². The predicted octanol–water partition coefficient (Wildman–Crippen LogP) is 2.44. The van der Waals surface area contributed by atoms with Crippen LogP contribution >= 0.6 is 11.8 Å². The quantitative estimate of drug-likeness (QED) is 0.498. The lowest BCUT2D eigenvalue weighted by molar-refractivity contribution is -0.130. The van der Waals surface area contributed by atoms with E-state index >= 15 is 0 Å². The molecular weight excluding hydrogens is 470 g/mol. The molecule has 2 aliphatic heterocycles. The first-order chi connectivity index (χ1) is 16.3. The standard InChI is InChI=1S/C24H29N5O3S2/c1-17-14-18(2)26-29-23(17)22(19-6-4-3-5-7-19)25-24(29)33-15-21(30)28-11-9-27(10-12-28)20-8-13-34(31,32)16-20/h3-7,14,20H,8-13,15-16H2,1-2H3. The number of hydrogen-bond donors (Lipinski definition) is 0. The Morgan fingerprint density at radius 3 is 2.53 bits per heavy atom. The highest BCUT2D eigenvalue weighted by atomic mass is 32.2. The number of amides is 1. The number of sulfone groups is 1. The van der Waals surface area contributed by atoms with Gasteiger partial charge in [-0.3, -0.25) is 9.69 Å². The molecule has 1 amide bonds. The summed E-state index contributed by atoms with van der Waals surface area (Å²) in [4.78, 5) is 22.0. The number of benzene rings is 1. The van der Waals surface area contributed by atoms with Gasteiger partial charge in [0.1, 0.15) is 0 Å². The number of thioether (sulfide) groups is 1. The fourth-order valence-electron chi connectivity index (χ4n) is 4.91. The number of nitrogens with zero attached hydrogens (tertiary/aromatic N) is 5. The minimum Gasteiger partial charge on any atom is -0.339 e. The Balaban J connectivity index is 1.28. The fourth-order valence-corrected chi connectivity index (χ4v) is 7.52. The van der Waals surface area contributed by atoms with E-state index in [0.717, 1.165) is 41.1 Å². The first kappa shape index (κ1) is 23.3. The maximum atomic E-state index is 13.0. The minimum absolute atomic E-state index is 0.0751. The van der Waals surface area contributed by atoms with Gasteiger partial charge in [-0.1, -0.05) is 42.1 Å². The van der Waals surface area contributed by atoms with Crippen LogP contribution in [0.1, 0.15) is 17.7 Å². The molecule has 0 aliphatic carbocycles. The number of fused-ring (bicyclic) bond motifs is 1. The number of rotatable bonds is 5. The van der Waals surface area contributed by atoms with Crippen molar-refractivity contribution in [1.82, 2.24) is 24.4 Å². The Labute approximate surface area is 204 Å². The molecule has 10 heteroatoms. The highest BCUT2D eigenvalue weighted by Gasteiger charge is 2.34. The predicted molar refractivity (Wildman–Crippen MR) is 134 cm³/mol. The largest absolute Gasteiger partial charge is 0.339 e. The summed E-state index contributed by atoms with van der Waals surface area (Å²) >= 11 is 1.42. The number of aromatic nitrogens is 3. The van der Waals surface area contributed by atoms with Crippen molar-refractivity contribution in [2.75, 3.05) is 43.4 Å². The molecule has 0 spiro atoms. The Hall–Kier alpha value is -2.43. The molecular formula is C24H29N5O3S2. The Morgan fingerprint density at radius 2 is 1.85 bits per heavy atom. The molecule has 0 radical (unpaired) electrons. The fraction of sp³-hybridized carbons (Fsp3) is 0.458. The average Bonchev–Trinajstić information content (AvgIpc) is 3.38. The average molecular weight is 500 g/mol. The molecule has 1 aromatic carbocycles. The zero-order valence-corrected chi connectivity index (χ0v) is 21.1. The van der Waals surface area contributed by atoms with Gasteiger partial charge < -0.3 is 4.90 Å². The zero-order chi connectivity index (χ0) is 23.9. The van der Waals surface area contributed by atoms with E-state index in [1.54, 1.807) is 0 Å². The van der Waals surface area contributed by atoms with Crippen LogP contribution in [-0.4, -0.2) is 88.2 Å². The van der Waals surface area contributed by atoms with E-state index in [1.807, 2.05) is 46.7 Å². The molecule has 2 aliphatic rings. The van der Waals surface area contributed by atoms with Crippen LogP contribution in [-0.2, 0) is 14.6 Å². The maximum absolute atomic E-state index is 13.0. The second-order valence-corrected chi connectivity index (χ2v) is 12.3. The lowest BCUT2D eigenvalue weighted by Crippen LogP contribution is -2.52. The molecule has 34 heavy (non-hydrogen) atoms. The lowest BCUT2D eigenvalue weighted by atomic mass is 10.1. The molecule has 0 N–H and O–H groups in total. The second kappa shape index (κ2) is 9.31. The van der Waals surface area contributed by atoms with Crippen molar-refractivity contribution in [1.29, 1.82) is 0 Å². The van der Waals surface area contributed by atoms with Crippen molar-refractivity contribution < 1.29 is 13.2 Å². The van der Waals surface area contributed by atoms with Gasteiger partial charge in [0.25, 0.3) is 0 Å².